The second kappa shape index (κ2) is 4.97. The van der Waals surface area contributed by atoms with Gasteiger partial charge in [0.2, 0.25) is 0 Å². The fraction of sp³-hybridized carbons (Fsp3) is 0.462. The lowest BCUT2D eigenvalue weighted by atomic mass is 10.1. The molecule has 3 rings (SSSR count). The van der Waals surface area contributed by atoms with E-state index < -0.39 is 0 Å². The lowest BCUT2D eigenvalue weighted by molar-refractivity contribution is 0.555. The summed E-state index contributed by atoms with van der Waals surface area (Å²) in [5, 5.41) is 8.08. The molecule has 1 aliphatic rings. The number of rotatable bonds is 3. The van der Waals surface area contributed by atoms with Crippen molar-refractivity contribution in [2.75, 3.05) is 18.0 Å². The van der Waals surface area contributed by atoms with E-state index >= 15 is 0 Å². The Hall–Kier alpha value is -1.95. The van der Waals surface area contributed by atoms with Crippen molar-refractivity contribution in [3.8, 4) is 0 Å². The summed E-state index contributed by atoms with van der Waals surface area (Å²) in [5.74, 6) is 2.04. The third-order valence-corrected chi connectivity index (χ3v) is 3.48. The van der Waals surface area contributed by atoms with E-state index in [0.29, 0.717) is 6.54 Å². The van der Waals surface area contributed by atoms with Crippen LogP contribution < -0.4 is 10.6 Å². The Morgan fingerprint density at radius 3 is 3.05 bits per heavy atom. The van der Waals surface area contributed by atoms with Crippen LogP contribution in [0.15, 0.2) is 18.6 Å². The first-order chi connectivity index (χ1) is 9.28. The summed E-state index contributed by atoms with van der Waals surface area (Å²) in [6, 6.07) is 2.18. The molecule has 0 spiro atoms. The van der Waals surface area contributed by atoms with Gasteiger partial charge < -0.3 is 15.2 Å². The minimum Gasteiger partial charge on any atom is -0.347 e. The molecule has 0 bridgehead atoms. The van der Waals surface area contributed by atoms with Gasteiger partial charge in [0.25, 0.3) is 0 Å². The molecule has 0 aliphatic carbocycles. The summed E-state index contributed by atoms with van der Waals surface area (Å²) in [7, 11) is 0. The first-order valence-corrected chi connectivity index (χ1v) is 6.55. The van der Waals surface area contributed by atoms with Crippen LogP contribution in [-0.4, -0.2) is 32.8 Å². The summed E-state index contributed by atoms with van der Waals surface area (Å²) in [4.78, 5) is 6.85. The molecule has 2 N–H and O–H groups in total. The van der Waals surface area contributed by atoms with Crippen LogP contribution in [0.5, 0.6) is 0 Å². The number of hydrogen-bond donors (Lipinski definition) is 1. The summed E-state index contributed by atoms with van der Waals surface area (Å²) >= 11 is 0. The van der Waals surface area contributed by atoms with Crippen LogP contribution in [0.4, 0.5) is 5.82 Å². The van der Waals surface area contributed by atoms with Crippen LogP contribution in [0.3, 0.4) is 0 Å². The maximum absolute atomic E-state index is 5.58. The molecule has 2 aromatic heterocycles. The molecule has 1 aliphatic heterocycles. The van der Waals surface area contributed by atoms with Crippen LogP contribution >= 0.6 is 0 Å². The molecular formula is C13H18N6. The number of nitrogens with two attached hydrogens (primary N) is 1. The average molecular weight is 258 g/mol. The Kier molecular flexibility index (Phi) is 3.16. The molecule has 19 heavy (non-hydrogen) atoms. The zero-order valence-corrected chi connectivity index (χ0v) is 11.1. The van der Waals surface area contributed by atoms with Gasteiger partial charge in [-0.1, -0.05) is 6.07 Å². The lowest BCUT2D eigenvalue weighted by Crippen LogP contribution is -2.34. The van der Waals surface area contributed by atoms with Gasteiger partial charge in [-0.25, -0.2) is 4.98 Å². The minimum absolute atomic E-state index is 0.660. The first kappa shape index (κ1) is 12.1. The number of anilines is 1. The van der Waals surface area contributed by atoms with Crippen molar-refractivity contribution in [2.45, 2.75) is 26.4 Å². The topological polar surface area (TPSA) is 72.9 Å². The second-order valence-electron chi connectivity index (χ2n) is 4.88. The predicted molar refractivity (Wildman–Crippen MR) is 72.8 cm³/mol. The van der Waals surface area contributed by atoms with E-state index in [1.807, 2.05) is 6.20 Å². The van der Waals surface area contributed by atoms with Gasteiger partial charge in [0.1, 0.15) is 12.1 Å². The molecule has 2 aromatic rings. The van der Waals surface area contributed by atoms with E-state index in [-0.39, 0.29) is 0 Å². The number of nitrogens with zero attached hydrogens (tertiary/aromatic N) is 5. The van der Waals surface area contributed by atoms with Crippen molar-refractivity contribution >= 4 is 5.82 Å². The Labute approximate surface area is 112 Å². The van der Waals surface area contributed by atoms with Crippen LogP contribution in [0.1, 0.15) is 17.0 Å². The maximum atomic E-state index is 5.58. The maximum Gasteiger partial charge on any atom is 0.152 e. The molecule has 0 aromatic carbocycles. The third-order valence-electron chi connectivity index (χ3n) is 3.48. The fourth-order valence-electron chi connectivity index (χ4n) is 2.51. The van der Waals surface area contributed by atoms with Crippen LogP contribution in [0.2, 0.25) is 0 Å². The number of aryl methyl sites for hydroxylation is 1. The smallest absolute Gasteiger partial charge is 0.152 e. The molecule has 0 saturated carbocycles. The molecule has 6 nitrogen and oxygen atoms in total. The van der Waals surface area contributed by atoms with Crippen molar-refractivity contribution in [2.24, 2.45) is 5.73 Å². The zero-order valence-electron chi connectivity index (χ0n) is 11.1. The Balaban J connectivity index is 1.83. The molecule has 0 fully saturated rings. The van der Waals surface area contributed by atoms with E-state index in [4.69, 9.17) is 5.73 Å². The summed E-state index contributed by atoms with van der Waals surface area (Å²) in [6.07, 6.45) is 4.59. The Bertz CT molecular complexity index is 576. The van der Waals surface area contributed by atoms with Crippen LogP contribution in [0, 0.1) is 6.92 Å². The van der Waals surface area contributed by atoms with E-state index in [1.54, 1.807) is 6.33 Å². The molecular weight excluding hydrogens is 240 g/mol. The second-order valence-corrected chi connectivity index (χ2v) is 4.88. The van der Waals surface area contributed by atoms with Gasteiger partial charge in [0.15, 0.2) is 5.82 Å². The Morgan fingerprint density at radius 1 is 1.37 bits per heavy atom. The minimum atomic E-state index is 0.660. The van der Waals surface area contributed by atoms with Gasteiger partial charge in [0, 0.05) is 19.3 Å². The van der Waals surface area contributed by atoms with Gasteiger partial charge in [-0.15, -0.1) is 10.2 Å². The molecule has 0 amide bonds. The molecule has 100 valence electrons. The van der Waals surface area contributed by atoms with Gasteiger partial charge in [-0.2, -0.15) is 0 Å². The highest BCUT2D eigenvalue weighted by molar-refractivity contribution is 5.47. The molecule has 0 atom stereocenters. The summed E-state index contributed by atoms with van der Waals surface area (Å²) < 4.78 is 2.09. The van der Waals surface area contributed by atoms with Crippen molar-refractivity contribution in [1.82, 2.24) is 19.7 Å². The quantitative estimate of drug-likeness (QED) is 0.868. The van der Waals surface area contributed by atoms with Crippen molar-refractivity contribution in [3.05, 3.63) is 35.5 Å². The van der Waals surface area contributed by atoms with Gasteiger partial charge in [0.05, 0.1) is 6.54 Å². The normalized spacial score (nSPS) is 14.5. The molecule has 6 heteroatoms. The molecule has 0 saturated heterocycles. The zero-order chi connectivity index (χ0) is 13.2. The van der Waals surface area contributed by atoms with Crippen LogP contribution in [-0.2, 0) is 19.5 Å². The lowest BCUT2D eigenvalue weighted by Gasteiger charge is -2.29. The fourth-order valence-corrected chi connectivity index (χ4v) is 2.51. The number of aromatic nitrogens is 4. The third kappa shape index (κ3) is 2.31. The van der Waals surface area contributed by atoms with Gasteiger partial charge in [-0.3, -0.25) is 0 Å². The van der Waals surface area contributed by atoms with E-state index in [9.17, 15) is 0 Å². The predicted octanol–water partition coefficient (Wildman–Crippen LogP) is 0.503. The number of fused-ring (bicyclic) bond motifs is 1. The molecule has 0 radical (unpaired) electrons. The largest absolute Gasteiger partial charge is 0.347 e. The van der Waals surface area contributed by atoms with E-state index in [1.165, 1.54) is 11.1 Å². The SMILES string of the molecule is Cc1cc(CCN)cnc1N1CCn2cnnc2C1. The highest BCUT2D eigenvalue weighted by atomic mass is 15.3. The Morgan fingerprint density at radius 2 is 2.26 bits per heavy atom. The van der Waals surface area contributed by atoms with Gasteiger partial charge >= 0.3 is 0 Å². The first-order valence-electron chi connectivity index (χ1n) is 6.55. The van der Waals surface area contributed by atoms with Crippen molar-refractivity contribution in [3.63, 3.8) is 0 Å². The summed E-state index contributed by atoms with van der Waals surface area (Å²) in [6.45, 7) is 5.38. The number of pyridine rings is 1. The van der Waals surface area contributed by atoms with Gasteiger partial charge in [-0.05, 0) is 31.0 Å². The molecule has 0 unspecified atom stereocenters. The highest BCUT2D eigenvalue weighted by Gasteiger charge is 2.19. The molecule has 3 heterocycles. The standard InChI is InChI=1S/C13H18N6/c1-10-6-11(2-3-14)7-15-13(10)18-4-5-19-9-16-17-12(19)8-18/h6-7,9H,2-5,8,14H2,1H3. The van der Waals surface area contributed by atoms with E-state index in [2.05, 4.69) is 37.6 Å². The average Bonchev–Trinajstić information content (AvgIpc) is 2.86. The van der Waals surface area contributed by atoms with E-state index in [0.717, 1.165) is 37.7 Å². The van der Waals surface area contributed by atoms with Crippen LogP contribution in [0.25, 0.3) is 0 Å². The monoisotopic (exact) mass is 258 g/mol. The van der Waals surface area contributed by atoms with Crippen molar-refractivity contribution in [1.29, 1.82) is 0 Å². The highest BCUT2D eigenvalue weighted by Crippen LogP contribution is 2.22. The number of hydrogen-bond acceptors (Lipinski definition) is 5. The summed E-state index contributed by atoms with van der Waals surface area (Å²) in [5.41, 5.74) is 7.97. The van der Waals surface area contributed by atoms with Crippen molar-refractivity contribution < 1.29 is 0 Å².